The number of halogens is 4. The molecule has 0 amide bonds. The molecule has 0 saturated carbocycles. The van der Waals surface area contributed by atoms with Crippen LogP contribution in [0.1, 0.15) is 10.4 Å². The predicted molar refractivity (Wildman–Crippen MR) is 67.5 cm³/mol. The van der Waals surface area contributed by atoms with Crippen LogP contribution < -0.4 is 4.74 Å². The highest BCUT2D eigenvalue weighted by Crippen LogP contribution is 2.30. The van der Waals surface area contributed by atoms with Gasteiger partial charge in [0, 0.05) is 6.07 Å². The molecule has 2 aromatic rings. The number of carboxylic acids is 1. The summed E-state index contributed by atoms with van der Waals surface area (Å²) >= 11 is 2.93. The van der Waals surface area contributed by atoms with Crippen LogP contribution in [0, 0.1) is 17.5 Å². The summed E-state index contributed by atoms with van der Waals surface area (Å²) in [6.07, 6.45) is 0. The molecule has 0 radical (unpaired) electrons. The Morgan fingerprint density at radius 1 is 1.05 bits per heavy atom. The predicted octanol–water partition coefficient (Wildman–Crippen LogP) is 4.36. The first-order valence-corrected chi connectivity index (χ1v) is 6.03. The minimum Gasteiger partial charge on any atom is -0.478 e. The topological polar surface area (TPSA) is 46.5 Å². The summed E-state index contributed by atoms with van der Waals surface area (Å²) in [4.78, 5) is 10.6. The summed E-state index contributed by atoms with van der Waals surface area (Å²) in [5.74, 6) is -5.42. The average molecular weight is 347 g/mol. The van der Waals surface area contributed by atoms with E-state index >= 15 is 0 Å². The van der Waals surface area contributed by atoms with E-state index in [1.54, 1.807) is 0 Å². The van der Waals surface area contributed by atoms with E-state index in [1.807, 2.05) is 0 Å². The zero-order valence-corrected chi connectivity index (χ0v) is 11.2. The molecule has 1 N–H and O–H groups in total. The van der Waals surface area contributed by atoms with Crippen molar-refractivity contribution in [2.45, 2.75) is 0 Å². The molecule has 104 valence electrons. The van der Waals surface area contributed by atoms with Gasteiger partial charge >= 0.3 is 5.97 Å². The molecule has 7 heteroatoms. The average Bonchev–Trinajstić information content (AvgIpc) is 2.37. The van der Waals surface area contributed by atoms with Crippen LogP contribution in [0.3, 0.4) is 0 Å². The molecule has 0 aromatic heterocycles. The van der Waals surface area contributed by atoms with Gasteiger partial charge in [-0.15, -0.1) is 0 Å². The Hall–Kier alpha value is -2.02. The lowest BCUT2D eigenvalue weighted by Crippen LogP contribution is -2.01. The Labute approximate surface area is 119 Å². The van der Waals surface area contributed by atoms with Crippen molar-refractivity contribution < 1.29 is 27.8 Å². The molecule has 0 spiro atoms. The van der Waals surface area contributed by atoms with Crippen LogP contribution in [-0.2, 0) is 0 Å². The van der Waals surface area contributed by atoms with Crippen LogP contribution in [0.2, 0.25) is 0 Å². The van der Waals surface area contributed by atoms with Gasteiger partial charge in [0.05, 0.1) is 10.0 Å². The van der Waals surface area contributed by atoms with Gasteiger partial charge in [-0.25, -0.2) is 18.0 Å². The van der Waals surface area contributed by atoms with Crippen molar-refractivity contribution in [2.24, 2.45) is 0 Å². The number of hydrogen-bond acceptors (Lipinski definition) is 2. The fourth-order valence-corrected chi connectivity index (χ4v) is 1.69. The number of carboxylic acid groups (broad SMARTS) is 1. The van der Waals surface area contributed by atoms with E-state index < -0.39 is 34.7 Å². The van der Waals surface area contributed by atoms with Crippen LogP contribution in [0.4, 0.5) is 13.2 Å². The molecule has 0 unspecified atom stereocenters. The normalized spacial score (nSPS) is 10.4. The van der Waals surface area contributed by atoms with Gasteiger partial charge in [0.2, 0.25) is 0 Å². The molecule has 3 nitrogen and oxygen atoms in total. The van der Waals surface area contributed by atoms with Gasteiger partial charge in [-0.1, -0.05) is 0 Å². The van der Waals surface area contributed by atoms with Crippen LogP contribution >= 0.6 is 15.9 Å². The SMILES string of the molecule is O=C(O)c1cc(F)c(Oc2ccc(Br)c(F)c2)c(F)c1. The molecular formula is C13H6BrF3O3. The summed E-state index contributed by atoms with van der Waals surface area (Å²) in [7, 11) is 0. The van der Waals surface area contributed by atoms with Gasteiger partial charge in [0.15, 0.2) is 17.4 Å². The zero-order chi connectivity index (χ0) is 14.9. The molecule has 0 heterocycles. The smallest absolute Gasteiger partial charge is 0.335 e. The monoisotopic (exact) mass is 346 g/mol. The Bertz CT molecular complexity index is 666. The van der Waals surface area contributed by atoms with Crippen LogP contribution in [-0.4, -0.2) is 11.1 Å². The van der Waals surface area contributed by atoms with Gasteiger partial charge in [-0.3, -0.25) is 0 Å². The van der Waals surface area contributed by atoms with E-state index in [2.05, 4.69) is 15.9 Å². The molecule has 0 fully saturated rings. The largest absolute Gasteiger partial charge is 0.478 e. The molecule has 0 aliphatic rings. The lowest BCUT2D eigenvalue weighted by molar-refractivity contribution is 0.0695. The summed E-state index contributed by atoms with van der Waals surface area (Å²) in [6.45, 7) is 0. The van der Waals surface area contributed by atoms with E-state index in [0.29, 0.717) is 12.1 Å². The Kier molecular flexibility index (Phi) is 3.99. The minimum atomic E-state index is -1.47. The van der Waals surface area contributed by atoms with Gasteiger partial charge in [0.25, 0.3) is 0 Å². The highest BCUT2D eigenvalue weighted by atomic mass is 79.9. The third kappa shape index (κ3) is 2.93. The standard InChI is InChI=1S/C13H6BrF3O3/c14-8-2-1-7(5-9(8)15)20-12-10(16)3-6(13(18)19)4-11(12)17/h1-5H,(H,18,19). The van der Waals surface area contributed by atoms with Crippen molar-refractivity contribution in [1.29, 1.82) is 0 Å². The molecule has 0 aliphatic heterocycles. The molecular weight excluding hydrogens is 341 g/mol. The van der Waals surface area contributed by atoms with E-state index in [4.69, 9.17) is 9.84 Å². The van der Waals surface area contributed by atoms with E-state index in [-0.39, 0.29) is 10.2 Å². The number of carbonyl (C=O) groups is 1. The van der Waals surface area contributed by atoms with Crippen molar-refractivity contribution in [1.82, 2.24) is 0 Å². The van der Waals surface area contributed by atoms with E-state index in [0.717, 1.165) is 6.07 Å². The van der Waals surface area contributed by atoms with E-state index in [9.17, 15) is 18.0 Å². The molecule has 20 heavy (non-hydrogen) atoms. The summed E-state index contributed by atoms with van der Waals surface area (Å²) in [6, 6.07) is 4.79. The van der Waals surface area contributed by atoms with Gasteiger partial charge in [-0.2, -0.15) is 0 Å². The maximum atomic E-state index is 13.6. The minimum absolute atomic E-state index is 0.119. The van der Waals surface area contributed by atoms with Crippen molar-refractivity contribution in [2.75, 3.05) is 0 Å². The first kappa shape index (κ1) is 14.4. The first-order valence-electron chi connectivity index (χ1n) is 5.23. The lowest BCUT2D eigenvalue weighted by Gasteiger charge is -2.09. The van der Waals surface area contributed by atoms with Crippen molar-refractivity contribution in [3.05, 3.63) is 57.8 Å². The summed E-state index contributed by atoms with van der Waals surface area (Å²) < 4.78 is 45.6. The second-order valence-electron chi connectivity index (χ2n) is 3.75. The Morgan fingerprint density at radius 3 is 2.15 bits per heavy atom. The molecule has 0 aliphatic carbocycles. The zero-order valence-electron chi connectivity index (χ0n) is 9.66. The number of rotatable bonds is 3. The summed E-state index contributed by atoms with van der Waals surface area (Å²) in [5, 5.41) is 8.65. The maximum absolute atomic E-state index is 13.6. The lowest BCUT2D eigenvalue weighted by atomic mass is 10.2. The number of benzene rings is 2. The van der Waals surface area contributed by atoms with Gasteiger partial charge in [0.1, 0.15) is 11.6 Å². The number of aromatic carboxylic acids is 1. The molecule has 0 atom stereocenters. The first-order chi connectivity index (χ1) is 9.38. The third-order valence-electron chi connectivity index (χ3n) is 2.36. The van der Waals surface area contributed by atoms with Crippen LogP contribution in [0.15, 0.2) is 34.8 Å². The number of ether oxygens (including phenoxy) is 1. The highest BCUT2D eigenvalue weighted by molar-refractivity contribution is 9.10. The van der Waals surface area contributed by atoms with Crippen molar-refractivity contribution in [3.8, 4) is 11.5 Å². The van der Waals surface area contributed by atoms with E-state index in [1.165, 1.54) is 12.1 Å². The Balaban J connectivity index is 2.38. The van der Waals surface area contributed by atoms with Crippen molar-refractivity contribution >= 4 is 21.9 Å². The molecule has 2 rings (SSSR count). The fraction of sp³-hybridized carbons (Fsp3) is 0. The van der Waals surface area contributed by atoms with Gasteiger partial charge in [-0.05, 0) is 40.2 Å². The fourth-order valence-electron chi connectivity index (χ4n) is 1.44. The van der Waals surface area contributed by atoms with Gasteiger partial charge < -0.3 is 9.84 Å². The highest BCUT2D eigenvalue weighted by Gasteiger charge is 2.17. The second-order valence-corrected chi connectivity index (χ2v) is 4.61. The van der Waals surface area contributed by atoms with Crippen LogP contribution in [0.5, 0.6) is 11.5 Å². The number of hydrogen-bond donors (Lipinski definition) is 1. The second kappa shape index (κ2) is 5.54. The molecule has 0 saturated heterocycles. The van der Waals surface area contributed by atoms with Crippen molar-refractivity contribution in [3.63, 3.8) is 0 Å². The quantitative estimate of drug-likeness (QED) is 0.898. The summed E-state index contributed by atoms with van der Waals surface area (Å²) in [5.41, 5.74) is -0.547. The Morgan fingerprint density at radius 2 is 1.65 bits per heavy atom. The maximum Gasteiger partial charge on any atom is 0.335 e. The van der Waals surface area contributed by atoms with Crippen LogP contribution in [0.25, 0.3) is 0 Å². The third-order valence-corrected chi connectivity index (χ3v) is 3.00. The molecule has 0 bridgehead atoms. The molecule has 2 aromatic carbocycles.